The van der Waals surface area contributed by atoms with Gasteiger partial charge in [-0.1, -0.05) is 0 Å². The van der Waals surface area contributed by atoms with Crippen LogP contribution in [0.25, 0.3) is 0 Å². The second-order valence-electron chi connectivity index (χ2n) is 2.65. The Kier molecular flexibility index (Phi) is 4.79. The molecule has 2 N–H and O–H groups in total. The number of ether oxygens (including phenoxy) is 1. The van der Waals surface area contributed by atoms with Crippen LogP contribution in [0.3, 0.4) is 0 Å². The maximum Gasteiger partial charge on any atom is 0.376 e. The highest BCUT2D eigenvalue weighted by molar-refractivity contribution is 5.76. The van der Waals surface area contributed by atoms with E-state index in [1.807, 2.05) is 0 Å². The third kappa shape index (κ3) is 5.48. The van der Waals surface area contributed by atoms with Crippen molar-refractivity contribution in [1.82, 2.24) is 0 Å². The zero-order valence-electron chi connectivity index (χ0n) is 7.17. The van der Waals surface area contributed by atoms with Gasteiger partial charge in [-0.15, -0.1) is 0 Å². The van der Waals surface area contributed by atoms with Crippen molar-refractivity contribution in [2.45, 2.75) is 25.4 Å². The molecule has 0 spiro atoms. The van der Waals surface area contributed by atoms with E-state index in [-0.39, 0.29) is 13.0 Å². The molecule has 0 aliphatic heterocycles. The van der Waals surface area contributed by atoms with Crippen LogP contribution >= 0.6 is 0 Å². The molecular formula is C7H12F2O4. The molecule has 0 aliphatic rings. The van der Waals surface area contributed by atoms with Gasteiger partial charge in [-0.05, 0) is 6.42 Å². The summed E-state index contributed by atoms with van der Waals surface area (Å²) in [7, 11) is 0. The molecule has 0 rings (SSSR count). The fourth-order valence-corrected chi connectivity index (χ4v) is 0.531. The van der Waals surface area contributed by atoms with Gasteiger partial charge in [0.05, 0.1) is 6.10 Å². The summed E-state index contributed by atoms with van der Waals surface area (Å²) in [5, 5.41) is 17.2. The van der Waals surface area contributed by atoms with Crippen molar-refractivity contribution in [3.8, 4) is 0 Å². The van der Waals surface area contributed by atoms with Crippen LogP contribution in [0.2, 0.25) is 0 Å². The van der Waals surface area contributed by atoms with Crippen molar-refractivity contribution < 1.29 is 28.5 Å². The molecule has 0 heterocycles. The number of esters is 1. The zero-order valence-corrected chi connectivity index (χ0v) is 7.17. The summed E-state index contributed by atoms with van der Waals surface area (Å²) in [5.74, 6) is -5.22. The Bertz CT molecular complexity index is 166. The second kappa shape index (κ2) is 5.08. The predicted octanol–water partition coefficient (Wildman–Crippen LogP) is -0.0719. The average Bonchev–Trinajstić information content (AvgIpc) is 1.99. The molecule has 13 heavy (non-hydrogen) atoms. The highest BCUT2D eigenvalue weighted by Crippen LogP contribution is 2.13. The molecule has 0 aromatic rings. The lowest BCUT2D eigenvalue weighted by Gasteiger charge is -2.12. The summed E-state index contributed by atoms with van der Waals surface area (Å²) >= 11 is 0. The summed E-state index contributed by atoms with van der Waals surface area (Å²) in [6.45, 7) is -0.405. The minimum Gasteiger partial charge on any atom is -0.459 e. The van der Waals surface area contributed by atoms with Crippen molar-refractivity contribution in [2.75, 3.05) is 13.2 Å². The number of aliphatic hydroxyl groups is 2. The quantitative estimate of drug-likeness (QED) is 0.607. The summed E-state index contributed by atoms with van der Waals surface area (Å²) in [6, 6.07) is 0. The van der Waals surface area contributed by atoms with E-state index in [9.17, 15) is 13.6 Å². The molecule has 6 heteroatoms. The molecule has 1 unspecified atom stereocenters. The van der Waals surface area contributed by atoms with E-state index in [4.69, 9.17) is 10.2 Å². The van der Waals surface area contributed by atoms with Gasteiger partial charge >= 0.3 is 11.9 Å². The first-order chi connectivity index (χ1) is 5.88. The standard InChI is InChI=1S/C7H12F2O4/c1-7(8,9)6(12)13-4-5(11)2-3-10/h5,10-11H,2-4H2,1H3. The summed E-state index contributed by atoms with van der Waals surface area (Å²) in [4.78, 5) is 10.4. The molecule has 0 fully saturated rings. The SMILES string of the molecule is CC(F)(F)C(=O)OCC(O)CCO. The van der Waals surface area contributed by atoms with Crippen LogP contribution in [-0.2, 0) is 9.53 Å². The molecule has 0 aromatic heterocycles. The molecule has 1 atom stereocenters. The van der Waals surface area contributed by atoms with Crippen molar-refractivity contribution in [3.63, 3.8) is 0 Å². The molecule has 0 bridgehead atoms. The molecular weight excluding hydrogens is 186 g/mol. The number of hydrogen-bond donors (Lipinski definition) is 2. The molecule has 4 nitrogen and oxygen atoms in total. The maximum absolute atomic E-state index is 12.1. The first-order valence-electron chi connectivity index (χ1n) is 3.72. The Labute approximate surface area is 74.1 Å². The van der Waals surface area contributed by atoms with Crippen molar-refractivity contribution in [1.29, 1.82) is 0 Å². The van der Waals surface area contributed by atoms with Crippen LogP contribution in [0.1, 0.15) is 13.3 Å². The molecule has 0 saturated carbocycles. The van der Waals surface area contributed by atoms with E-state index in [0.29, 0.717) is 6.92 Å². The van der Waals surface area contributed by atoms with Gasteiger partial charge in [0.2, 0.25) is 0 Å². The van der Waals surface area contributed by atoms with E-state index in [0.717, 1.165) is 0 Å². The van der Waals surface area contributed by atoms with Gasteiger partial charge < -0.3 is 14.9 Å². The maximum atomic E-state index is 12.1. The Morgan fingerprint density at radius 1 is 1.62 bits per heavy atom. The van der Waals surface area contributed by atoms with Crippen LogP contribution in [-0.4, -0.2) is 41.4 Å². The van der Waals surface area contributed by atoms with Gasteiger partial charge in [-0.25, -0.2) is 4.79 Å². The first-order valence-corrected chi connectivity index (χ1v) is 3.72. The van der Waals surface area contributed by atoms with Gasteiger partial charge in [0.1, 0.15) is 6.61 Å². The monoisotopic (exact) mass is 198 g/mol. The molecule has 0 saturated heterocycles. The Morgan fingerprint density at radius 2 is 2.15 bits per heavy atom. The summed E-state index contributed by atoms with van der Waals surface area (Å²) in [6.07, 6.45) is -1.11. The van der Waals surface area contributed by atoms with Crippen LogP contribution in [0.5, 0.6) is 0 Å². The summed E-state index contributed by atoms with van der Waals surface area (Å²) in [5.41, 5.74) is 0. The highest BCUT2D eigenvalue weighted by Gasteiger charge is 2.34. The van der Waals surface area contributed by atoms with Crippen molar-refractivity contribution >= 4 is 5.97 Å². The number of carbonyl (C=O) groups excluding carboxylic acids is 1. The Balaban J connectivity index is 3.71. The van der Waals surface area contributed by atoms with Gasteiger partial charge in [-0.2, -0.15) is 8.78 Å². The van der Waals surface area contributed by atoms with Gasteiger partial charge in [-0.3, -0.25) is 0 Å². The molecule has 78 valence electrons. The largest absolute Gasteiger partial charge is 0.459 e. The minimum absolute atomic E-state index is 0.0113. The van der Waals surface area contributed by atoms with Gasteiger partial charge in [0, 0.05) is 13.5 Å². The van der Waals surface area contributed by atoms with Crippen molar-refractivity contribution in [3.05, 3.63) is 0 Å². The Hall–Kier alpha value is -0.750. The number of halogens is 2. The lowest BCUT2D eigenvalue weighted by atomic mass is 10.3. The lowest BCUT2D eigenvalue weighted by molar-refractivity contribution is -0.172. The fourth-order valence-electron chi connectivity index (χ4n) is 0.531. The van der Waals surface area contributed by atoms with Gasteiger partial charge in [0.25, 0.3) is 0 Å². The topological polar surface area (TPSA) is 66.8 Å². The van der Waals surface area contributed by atoms with Crippen LogP contribution in [0, 0.1) is 0 Å². The molecule has 0 amide bonds. The first kappa shape index (κ1) is 12.2. The van der Waals surface area contributed by atoms with Crippen LogP contribution in [0.15, 0.2) is 0 Å². The normalized spacial score (nSPS) is 13.9. The number of carbonyl (C=O) groups is 1. The van der Waals surface area contributed by atoms with E-state index in [1.54, 1.807) is 0 Å². The third-order valence-electron chi connectivity index (χ3n) is 1.23. The number of aliphatic hydroxyl groups excluding tert-OH is 2. The lowest BCUT2D eigenvalue weighted by Crippen LogP contribution is -2.30. The smallest absolute Gasteiger partial charge is 0.376 e. The van der Waals surface area contributed by atoms with E-state index < -0.39 is 24.6 Å². The van der Waals surface area contributed by atoms with Crippen molar-refractivity contribution in [2.24, 2.45) is 0 Å². The number of rotatable bonds is 5. The number of hydrogen-bond acceptors (Lipinski definition) is 4. The van der Waals surface area contributed by atoms with E-state index in [2.05, 4.69) is 4.74 Å². The second-order valence-corrected chi connectivity index (χ2v) is 2.65. The average molecular weight is 198 g/mol. The van der Waals surface area contributed by atoms with Crippen LogP contribution in [0.4, 0.5) is 8.78 Å². The van der Waals surface area contributed by atoms with E-state index >= 15 is 0 Å². The minimum atomic E-state index is -3.54. The third-order valence-corrected chi connectivity index (χ3v) is 1.23. The van der Waals surface area contributed by atoms with E-state index in [1.165, 1.54) is 0 Å². The summed E-state index contributed by atoms with van der Waals surface area (Å²) < 4.78 is 28.4. The van der Waals surface area contributed by atoms with Crippen LogP contribution < -0.4 is 0 Å². The highest BCUT2D eigenvalue weighted by atomic mass is 19.3. The van der Waals surface area contributed by atoms with Gasteiger partial charge in [0.15, 0.2) is 0 Å². The predicted molar refractivity (Wildman–Crippen MR) is 39.3 cm³/mol. The molecule has 0 aromatic carbocycles. The Morgan fingerprint density at radius 3 is 2.54 bits per heavy atom. The molecule has 0 aliphatic carbocycles. The number of alkyl halides is 2. The zero-order chi connectivity index (χ0) is 10.5. The molecule has 0 radical (unpaired) electrons. The fraction of sp³-hybridized carbons (Fsp3) is 0.857.